The molecular formula is C15H15F2NO2. The van der Waals surface area contributed by atoms with Gasteiger partial charge in [0.15, 0.2) is 0 Å². The van der Waals surface area contributed by atoms with Crippen molar-refractivity contribution in [3.05, 3.63) is 58.9 Å². The lowest BCUT2D eigenvalue weighted by molar-refractivity contribution is 0.0319. The third-order valence-corrected chi connectivity index (χ3v) is 3.26. The first kappa shape index (κ1) is 14.2. The minimum atomic E-state index is -0.867. The van der Waals surface area contributed by atoms with Gasteiger partial charge in [-0.05, 0) is 44.2 Å². The quantitative estimate of drug-likeness (QED) is 0.805. The number of halogens is 2. The standard InChI is InChI=1S/C15H15F2NO2/c1-9-4-7-14(18(9)3)15(19)20-10(2)12-8-11(16)5-6-13(12)17/h4-8,10H,1-3H3. The second-order valence-electron chi connectivity index (χ2n) is 4.63. The number of rotatable bonds is 3. The first-order valence-electron chi connectivity index (χ1n) is 6.18. The molecule has 20 heavy (non-hydrogen) atoms. The first-order valence-corrected chi connectivity index (χ1v) is 6.18. The van der Waals surface area contributed by atoms with Gasteiger partial charge in [-0.25, -0.2) is 13.6 Å². The van der Waals surface area contributed by atoms with Crippen LogP contribution in [0.3, 0.4) is 0 Å². The number of hydrogen-bond acceptors (Lipinski definition) is 2. The van der Waals surface area contributed by atoms with Crippen molar-refractivity contribution in [2.24, 2.45) is 7.05 Å². The van der Waals surface area contributed by atoms with Crippen LogP contribution in [0.2, 0.25) is 0 Å². The van der Waals surface area contributed by atoms with Crippen LogP contribution >= 0.6 is 0 Å². The molecule has 0 bridgehead atoms. The van der Waals surface area contributed by atoms with E-state index in [2.05, 4.69) is 0 Å². The van der Waals surface area contributed by atoms with E-state index in [0.717, 1.165) is 23.9 Å². The predicted octanol–water partition coefficient (Wildman–Crippen LogP) is 3.53. The Labute approximate surface area is 115 Å². The average molecular weight is 279 g/mol. The molecule has 0 aliphatic rings. The van der Waals surface area contributed by atoms with Crippen LogP contribution in [-0.2, 0) is 11.8 Å². The maximum Gasteiger partial charge on any atom is 0.355 e. The van der Waals surface area contributed by atoms with Gasteiger partial charge in [0, 0.05) is 18.3 Å². The highest BCUT2D eigenvalue weighted by Crippen LogP contribution is 2.22. The maximum absolute atomic E-state index is 13.6. The van der Waals surface area contributed by atoms with E-state index in [0.29, 0.717) is 5.69 Å². The Kier molecular flexibility index (Phi) is 3.88. The molecular weight excluding hydrogens is 264 g/mol. The molecule has 0 N–H and O–H groups in total. The summed E-state index contributed by atoms with van der Waals surface area (Å²) in [6, 6.07) is 6.48. The number of aromatic nitrogens is 1. The molecule has 1 unspecified atom stereocenters. The molecule has 1 aromatic carbocycles. The average Bonchev–Trinajstić information content (AvgIpc) is 2.73. The number of esters is 1. The molecule has 1 atom stereocenters. The van der Waals surface area contributed by atoms with E-state index >= 15 is 0 Å². The summed E-state index contributed by atoms with van der Waals surface area (Å²) in [6.07, 6.45) is -0.867. The molecule has 106 valence electrons. The van der Waals surface area contributed by atoms with Crippen molar-refractivity contribution in [1.82, 2.24) is 4.57 Å². The molecule has 1 aromatic heterocycles. The van der Waals surface area contributed by atoms with Gasteiger partial charge in [-0.15, -0.1) is 0 Å². The van der Waals surface area contributed by atoms with Gasteiger partial charge in [0.05, 0.1) is 0 Å². The summed E-state index contributed by atoms with van der Waals surface area (Å²) < 4.78 is 33.6. The molecule has 3 nitrogen and oxygen atoms in total. The molecule has 2 aromatic rings. The monoisotopic (exact) mass is 279 g/mol. The molecule has 2 rings (SSSR count). The second kappa shape index (κ2) is 5.45. The molecule has 5 heteroatoms. The number of hydrogen-bond donors (Lipinski definition) is 0. The van der Waals surface area contributed by atoms with Crippen LogP contribution in [-0.4, -0.2) is 10.5 Å². The number of ether oxygens (including phenoxy) is 1. The number of benzene rings is 1. The Bertz CT molecular complexity index is 649. The van der Waals surface area contributed by atoms with Gasteiger partial charge in [0.1, 0.15) is 23.4 Å². The number of aryl methyl sites for hydroxylation is 1. The third-order valence-electron chi connectivity index (χ3n) is 3.26. The summed E-state index contributed by atoms with van der Waals surface area (Å²) in [7, 11) is 1.74. The molecule has 1 heterocycles. The van der Waals surface area contributed by atoms with Crippen molar-refractivity contribution in [2.75, 3.05) is 0 Å². The summed E-state index contributed by atoms with van der Waals surface area (Å²) in [6.45, 7) is 3.36. The summed E-state index contributed by atoms with van der Waals surface area (Å²) in [4.78, 5) is 12.0. The molecule has 0 saturated heterocycles. The summed E-state index contributed by atoms with van der Waals surface area (Å²) in [5.41, 5.74) is 1.29. The van der Waals surface area contributed by atoms with Crippen LogP contribution in [0.4, 0.5) is 8.78 Å². The third kappa shape index (κ3) is 2.71. The molecule has 0 spiro atoms. The van der Waals surface area contributed by atoms with Crippen molar-refractivity contribution in [1.29, 1.82) is 0 Å². The number of carbonyl (C=O) groups is 1. The largest absolute Gasteiger partial charge is 0.453 e. The Balaban J connectivity index is 2.19. The summed E-state index contributed by atoms with van der Waals surface area (Å²) in [5, 5.41) is 0. The number of carbonyl (C=O) groups excluding carboxylic acids is 1. The lowest BCUT2D eigenvalue weighted by Crippen LogP contribution is -2.14. The summed E-state index contributed by atoms with van der Waals surface area (Å²) >= 11 is 0. The van der Waals surface area contributed by atoms with Gasteiger partial charge in [-0.2, -0.15) is 0 Å². The van der Waals surface area contributed by atoms with Crippen LogP contribution in [0.5, 0.6) is 0 Å². The fourth-order valence-corrected chi connectivity index (χ4v) is 1.93. The number of nitrogens with zero attached hydrogens (tertiary/aromatic N) is 1. The Morgan fingerprint density at radius 1 is 1.25 bits per heavy atom. The highest BCUT2D eigenvalue weighted by molar-refractivity contribution is 5.88. The molecule has 0 saturated carbocycles. The van der Waals surface area contributed by atoms with Gasteiger partial charge >= 0.3 is 5.97 Å². The Morgan fingerprint density at radius 2 is 1.95 bits per heavy atom. The highest BCUT2D eigenvalue weighted by atomic mass is 19.1. The molecule has 0 aliphatic carbocycles. The summed E-state index contributed by atoms with van der Waals surface area (Å²) in [5.74, 6) is -1.74. The van der Waals surface area contributed by atoms with Crippen molar-refractivity contribution in [2.45, 2.75) is 20.0 Å². The van der Waals surface area contributed by atoms with Crippen LogP contribution in [0.15, 0.2) is 30.3 Å². The molecule has 0 aliphatic heterocycles. The molecule has 0 amide bonds. The zero-order valence-corrected chi connectivity index (χ0v) is 11.5. The van der Waals surface area contributed by atoms with E-state index in [1.54, 1.807) is 23.7 Å². The zero-order valence-electron chi connectivity index (χ0n) is 11.5. The van der Waals surface area contributed by atoms with E-state index in [1.807, 2.05) is 6.92 Å². The Morgan fingerprint density at radius 3 is 2.55 bits per heavy atom. The molecule has 0 fully saturated rings. The Hall–Kier alpha value is -2.17. The van der Waals surface area contributed by atoms with Crippen LogP contribution in [0, 0.1) is 18.6 Å². The van der Waals surface area contributed by atoms with E-state index in [1.165, 1.54) is 6.92 Å². The normalized spacial score (nSPS) is 12.2. The van der Waals surface area contributed by atoms with Crippen LogP contribution in [0.25, 0.3) is 0 Å². The SMILES string of the molecule is Cc1ccc(C(=O)OC(C)c2cc(F)ccc2F)n1C. The van der Waals surface area contributed by atoms with Gasteiger partial charge in [-0.3, -0.25) is 0 Å². The lowest BCUT2D eigenvalue weighted by atomic mass is 10.1. The predicted molar refractivity (Wildman–Crippen MR) is 70.3 cm³/mol. The minimum absolute atomic E-state index is 0.0179. The van der Waals surface area contributed by atoms with Crippen LogP contribution < -0.4 is 0 Å². The second-order valence-corrected chi connectivity index (χ2v) is 4.63. The van der Waals surface area contributed by atoms with Crippen molar-refractivity contribution < 1.29 is 18.3 Å². The fourth-order valence-electron chi connectivity index (χ4n) is 1.93. The lowest BCUT2D eigenvalue weighted by Gasteiger charge is -2.15. The maximum atomic E-state index is 13.6. The molecule has 0 radical (unpaired) electrons. The van der Waals surface area contributed by atoms with Gasteiger partial charge in [0.25, 0.3) is 0 Å². The zero-order chi connectivity index (χ0) is 14.9. The van der Waals surface area contributed by atoms with Gasteiger partial charge in [0.2, 0.25) is 0 Å². The smallest absolute Gasteiger partial charge is 0.355 e. The first-order chi connectivity index (χ1) is 9.40. The van der Waals surface area contributed by atoms with E-state index in [4.69, 9.17) is 4.74 Å². The highest BCUT2D eigenvalue weighted by Gasteiger charge is 2.19. The minimum Gasteiger partial charge on any atom is -0.453 e. The van der Waals surface area contributed by atoms with E-state index < -0.39 is 23.7 Å². The van der Waals surface area contributed by atoms with Gasteiger partial charge in [-0.1, -0.05) is 0 Å². The van der Waals surface area contributed by atoms with Gasteiger partial charge < -0.3 is 9.30 Å². The topological polar surface area (TPSA) is 31.2 Å². The fraction of sp³-hybridized carbons (Fsp3) is 0.267. The van der Waals surface area contributed by atoms with E-state index in [9.17, 15) is 13.6 Å². The van der Waals surface area contributed by atoms with Crippen LogP contribution in [0.1, 0.15) is 34.8 Å². The van der Waals surface area contributed by atoms with Crippen molar-refractivity contribution in [3.8, 4) is 0 Å². The van der Waals surface area contributed by atoms with Crippen molar-refractivity contribution >= 4 is 5.97 Å². The van der Waals surface area contributed by atoms with Crippen molar-refractivity contribution in [3.63, 3.8) is 0 Å². The van der Waals surface area contributed by atoms with E-state index in [-0.39, 0.29) is 5.56 Å².